The molecule has 1 aromatic carbocycles. The van der Waals surface area contributed by atoms with Gasteiger partial charge in [0.15, 0.2) is 0 Å². The molecule has 0 saturated carbocycles. The topological polar surface area (TPSA) is 88.6 Å². The van der Waals surface area contributed by atoms with Crippen molar-refractivity contribution in [1.29, 1.82) is 0 Å². The normalized spacial score (nSPS) is 11.0. The zero-order chi connectivity index (χ0) is 19.2. The highest BCUT2D eigenvalue weighted by Gasteiger charge is 2.19. The van der Waals surface area contributed by atoms with Crippen molar-refractivity contribution in [2.45, 2.75) is 13.0 Å². The molecule has 9 heteroatoms. The van der Waals surface area contributed by atoms with Crippen LogP contribution in [0.4, 0.5) is 5.69 Å². The standard InChI is InChI=1S/C17H20ClN3O4S/c1-25-16-7-6-14(11-15(16)18)21(26(2,23)24)10-8-17(22)20-12-13-5-3-4-9-19-13/h3-7,9,11H,8,10,12H2,1-2H3,(H,20,22). The Morgan fingerprint density at radius 1 is 1.31 bits per heavy atom. The van der Waals surface area contributed by atoms with Crippen molar-refractivity contribution >= 4 is 33.2 Å². The molecule has 0 aliphatic heterocycles. The summed E-state index contributed by atoms with van der Waals surface area (Å²) in [7, 11) is -2.10. The first-order valence-electron chi connectivity index (χ1n) is 7.79. The fourth-order valence-electron chi connectivity index (χ4n) is 2.28. The lowest BCUT2D eigenvalue weighted by atomic mass is 10.3. The Morgan fingerprint density at radius 2 is 2.08 bits per heavy atom. The lowest BCUT2D eigenvalue weighted by Crippen LogP contribution is -2.34. The minimum absolute atomic E-state index is 0.00352. The molecule has 0 fully saturated rings. The molecular formula is C17H20ClN3O4S. The Hall–Kier alpha value is -2.32. The summed E-state index contributed by atoms with van der Waals surface area (Å²) < 4.78 is 30.4. The van der Waals surface area contributed by atoms with Gasteiger partial charge < -0.3 is 10.1 Å². The molecule has 2 aromatic rings. The number of sulfonamides is 1. The van der Waals surface area contributed by atoms with Crippen LogP contribution in [-0.2, 0) is 21.4 Å². The van der Waals surface area contributed by atoms with E-state index in [1.807, 2.05) is 6.07 Å². The van der Waals surface area contributed by atoms with E-state index in [4.69, 9.17) is 16.3 Å². The molecule has 0 unspecified atom stereocenters. The maximum Gasteiger partial charge on any atom is 0.232 e. The first-order chi connectivity index (χ1) is 12.3. The predicted octanol–water partition coefficient (Wildman–Crippen LogP) is 2.22. The van der Waals surface area contributed by atoms with Gasteiger partial charge in [-0.05, 0) is 30.3 Å². The second kappa shape index (κ2) is 8.86. The first-order valence-corrected chi connectivity index (χ1v) is 10.0. The Labute approximate surface area is 158 Å². The number of benzene rings is 1. The summed E-state index contributed by atoms with van der Waals surface area (Å²) in [6, 6.07) is 10.1. The molecule has 0 atom stereocenters. The number of hydrogen-bond acceptors (Lipinski definition) is 5. The summed E-state index contributed by atoms with van der Waals surface area (Å²) in [4.78, 5) is 16.2. The molecule has 26 heavy (non-hydrogen) atoms. The van der Waals surface area contributed by atoms with Gasteiger partial charge in [0, 0.05) is 19.2 Å². The van der Waals surface area contributed by atoms with Crippen LogP contribution in [0.15, 0.2) is 42.6 Å². The van der Waals surface area contributed by atoms with Gasteiger partial charge in [-0.1, -0.05) is 17.7 Å². The Balaban J connectivity index is 2.02. The molecule has 2 rings (SSSR count). The number of anilines is 1. The molecule has 0 aliphatic rings. The number of pyridine rings is 1. The third-order valence-electron chi connectivity index (χ3n) is 3.56. The molecule has 0 saturated heterocycles. The zero-order valence-corrected chi connectivity index (χ0v) is 16.0. The van der Waals surface area contributed by atoms with Gasteiger partial charge in [0.2, 0.25) is 15.9 Å². The number of methoxy groups -OCH3 is 1. The highest BCUT2D eigenvalue weighted by Crippen LogP contribution is 2.30. The molecule has 1 heterocycles. The van der Waals surface area contributed by atoms with Crippen LogP contribution in [0.25, 0.3) is 0 Å². The average Bonchev–Trinajstić information content (AvgIpc) is 2.60. The van der Waals surface area contributed by atoms with Crippen LogP contribution in [0.5, 0.6) is 5.75 Å². The number of carbonyl (C=O) groups is 1. The number of rotatable bonds is 8. The molecule has 0 aliphatic carbocycles. The number of nitrogens with zero attached hydrogens (tertiary/aromatic N) is 2. The smallest absolute Gasteiger partial charge is 0.232 e. The second-order valence-electron chi connectivity index (χ2n) is 5.50. The van der Waals surface area contributed by atoms with E-state index in [1.165, 1.54) is 13.2 Å². The fourth-order valence-corrected chi connectivity index (χ4v) is 3.45. The average molecular weight is 398 g/mol. The van der Waals surface area contributed by atoms with Crippen LogP contribution in [0.3, 0.4) is 0 Å². The monoisotopic (exact) mass is 397 g/mol. The first kappa shape index (κ1) is 20.0. The second-order valence-corrected chi connectivity index (χ2v) is 7.82. The number of aromatic nitrogens is 1. The SMILES string of the molecule is COc1ccc(N(CCC(=O)NCc2ccccn2)S(C)(=O)=O)cc1Cl. The zero-order valence-electron chi connectivity index (χ0n) is 14.5. The Morgan fingerprint density at radius 3 is 2.65 bits per heavy atom. The van der Waals surface area contributed by atoms with E-state index >= 15 is 0 Å². The van der Waals surface area contributed by atoms with Gasteiger partial charge in [-0.2, -0.15) is 0 Å². The van der Waals surface area contributed by atoms with Gasteiger partial charge in [-0.15, -0.1) is 0 Å². The van der Waals surface area contributed by atoms with Crippen LogP contribution in [0, 0.1) is 0 Å². The lowest BCUT2D eigenvalue weighted by molar-refractivity contribution is -0.121. The summed E-state index contributed by atoms with van der Waals surface area (Å²) >= 11 is 6.07. The molecule has 1 N–H and O–H groups in total. The van der Waals surface area contributed by atoms with Gasteiger partial charge in [-0.3, -0.25) is 14.1 Å². The van der Waals surface area contributed by atoms with Crippen LogP contribution >= 0.6 is 11.6 Å². The number of nitrogens with one attached hydrogen (secondary N) is 1. The minimum Gasteiger partial charge on any atom is -0.495 e. The van der Waals surface area contributed by atoms with Gasteiger partial charge in [0.25, 0.3) is 0 Å². The number of ether oxygens (including phenoxy) is 1. The largest absolute Gasteiger partial charge is 0.495 e. The van der Waals surface area contributed by atoms with Crippen LogP contribution in [0.1, 0.15) is 12.1 Å². The minimum atomic E-state index is -3.58. The van der Waals surface area contributed by atoms with Gasteiger partial charge in [0.1, 0.15) is 5.75 Å². The lowest BCUT2D eigenvalue weighted by Gasteiger charge is -2.22. The molecule has 1 amide bonds. The predicted molar refractivity (Wildman–Crippen MR) is 101 cm³/mol. The summed E-state index contributed by atoms with van der Waals surface area (Å²) in [6.45, 7) is 0.280. The third-order valence-corrected chi connectivity index (χ3v) is 5.05. The molecule has 0 radical (unpaired) electrons. The van der Waals surface area contributed by atoms with Gasteiger partial charge >= 0.3 is 0 Å². The van der Waals surface area contributed by atoms with Gasteiger partial charge in [-0.25, -0.2) is 8.42 Å². The maximum absolute atomic E-state index is 12.1. The van der Waals surface area contributed by atoms with Crippen molar-refractivity contribution in [2.24, 2.45) is 0 Å². The Bertz CT molecular complexity index is 860. The third kappa shape index (κ3) is 5.60. The van der Waals surface area contributed by atoms with Crippen molar-refractivity contribution in [2.75, 3.05) is 24.2 Å². The van der Waals surface area contributed by atoms with E-state index in [0.29, 0.717) is 16.5 Å². The summed E-state index contributed by atoms with van der Waals surface area (Å²) in [6.07, 6.45) is 2.72. The van der Waals surface area contributed by atoms with Crippen molar-refractivity contribution in [1.82, 2.24) is 10.3 Å². The highest BCUT2D eigenvalue weighted by atomic mass is 35.5. The molecule has 1 aromatic heterocycles. The van der Waals surface area contributed by atoms with Crippen molar-refractivity contribution < 1.29 is 17.9 Å². The van der Waals surface area contributed by atoms with Crippen LogP contribution < -0.4 is 14.4 Å². The quantitative estimate of drug-likeness (QED) is 0.737. The molecule has 140 valence electrons. The van der Waals surface area contributed by atoms with E-state index in [-0.39, 0.29) is 25.4 Å². The molecule has 7 nitrogen and oxygen atoms in total. The number of carbonyl (C=O) groups excluding carboxylic acids is 1. The van der Waals surface area contributed by atoms with E-state index in [0.717, 1.165) is 16.3 Å². The summed E-state index contributed by atoms with van der Waals surface area (Å²) in [5, 5.41) is 3.01. The number of amides is 1. The van der Waals surface area contributed by atoms with E-state index in [1.54, 1.807) is 30.5 Å². The molecular weight excluding hydrogens is 378 g/mol. The molecule has 0 bridgehead atoms. The van der Waals surface area contributed by atoms with Crippen molar-refractivity contribution in [3.63, 3.8) is 0 Å². The maximum atomic E-state index is 12.1. The van der Waals surface area contributed by atoms with Crippen molar-refractivity contribution in [3.05, 3.63) is 53.3 Å². The van der Waals surface area contributed by atoms with E-state index in [2.05, 4.69) is 10.3 Å². The fraction of sp³-hybridized carbons (Fsp3) is 0.294. The summed E-state index contributed by atoms with van der Waals surface area (Å²) in [5.41, 5.74) is 1.10. The summed E-state index contributed by atoms with van der Waals surface area (Å²) in [5.74, 6) is 0.167. The van der Waals surface area contributed by atoms with Crippen LogP contribution in [-0.4, -0.2) is 39.2 Å². The molecule has 0 spiro atoms. The highest BCUT2D eigenvalue weighted by molar-refractivity contribution is 7.92. The van der Waals surface area contributed by atoms with Crippen LogP contribution in [0.2, 0.25) is 5.02 Å². The van der Waals surface area contributed by atoms with E-state index in [9.17, 15) is 13.2 Å². The Kier molecular flexibility index (Phi) is 6.82. The van der Waals surface area contributed by atoms with Crippen molar-refractivity contribution in [3.8, 4) is 5.75 Å². The van der Waals surface area contributed by atoms with E-state index < -0.39 is 10.0 Å². The van der Waals surface area contributed by atoms with Gasteiger partial charge in [0.05, 0.1) is 36.3 Å². The number of halogens is 1. The number of hydrogen-bond donors (Lipinski definition) is 1.